The van der Waals surface area contributed by atoms with Crippen LogP contribution in [0.2, 0.25) is 0 Å². The Labute approximate surface area is 228 Å². The molecule has 1 aliphatic heterocycles. The Kier molecular flexibility index (Phi) is 9.02. The fourth-order valence-electron chi connectivity index (χ4n) is 4.64. The number of hydrogen-bond acceptors (Lipinski definition) is 5. The van der Waals surface area contributed by atoms with E-state index in [4.69, 9.17) is 14.2 Å². The lowest BCUT2D eigenvalue weighted by molar-refractivity contribution is -0.276. The van der Waals surface area contributed by atoms with Gasteiger partial charge in [0.25, 0.3) is 0 Å². The lowest BCUT2D eigenvalue weighted by Gasteiger charge is -2.38. The molecule has 226 valence electrons. The van der Waals surface area contributed by atoms with Crippen LogP contribution in [0.15, 0.2) is 49.1 Å². The third-order valence-corrected chi connectivity index (χ3v) is 6.79. The molecular formula is C27H25F9O5. The van der Waals surface area contributed by atoms with E-state index in [2.05, 4.69) is 16.1 Å². The highest BCUT2D eigenvalue weighted by Crippen LogP contribution is 2.43. The molecule has 14 heteroatoms. The first-order valence-electron chi connectivity index (χ1n) is 12.5. The van der Waals surface area contributed by atoms with E-state index in [0.717, 1.165) is 12.1 Å². The highest BCUT2D eigenvalue weighted by Gasteiger charge is 2.46. The molecule has 0 spiro atoms. The minimum atomic E-state index is -5.43. The van der Waals surface area contributed by atoms with Gasteiger partial charge in [-0.1, -0.05) is 6.08 Å². The summed E-state index contributed by atoms with van der Waals surface area (Å²) in [6.45, 7) is 4.58. The minimum absolute atomic E-state index is 0.0513. The second kappa shape index (κ2) is 12.0. The first-order valence-corrected chi connectivity index (χ1v) is 12.5. The van der Waals surface area contributed by atoms with E-state index in [1.807, 2.05) is 0 Å². The van der Waals surface area contributed by atoms with E-state index in [9.17, 15) is 39.5 Å². The van der Waals surface area contributed by atoms with E-state index < -0.39 is 65.2 Å². The van der Waals surface area contributed by atoms with Crippen LogP contribution in [0.4, 0.5) is 39.5 Å². The standard InChI is InChI=1S/C27H25F9O5/c1-2-15-13-37-24(38-14-15)16-3-5-17(6-4-16)25(30,31)39-19-9-7-18(8-10-19)26(32,33)40-20-11-21(28)23(22(29)12-20)41-27(34,35)36/h2,7-12,15-17,24H,1,3-6,13-14H2. The first-order chi connectivity index (χ1) is 19.2. The average molecular weight is 600 g/mol. The van der Waals surface area contributed by atoms with Crippen LogP contribution in [-0.4, -0.2) is 32.0 Å². The van der Waals surface area contributed by atoms with Crippen LogP contribution in [0.5, 0.6) is 17.2 Å². The topological polar surface area (TPSA) is 46.2 Å². The summed E-state index contributed by atoms with van der Waals surface area (Å²) in [7, 11) is 0. The first kappa shape index (κ1) is 30.8. The van der Waals surface area contributed by atoms with Gasteiger partial charge in [0.05, 0.1) is 24.7 Å². The van der Waals surface area contributed by atoms with Gasteiger partial charge in [-0.15, -0.1) is 19.8 Å². The smallest absolute Gasteiger partial charge is 0.432 e. The van der Waals surface area contributed by atoms with Crippen molar-refractivity contribution in [1.82, 2.24) is 0 Å². The molecule has 2 aromatic carbocycles. The molecule has 0 atom stereocenters. The van der Waals surface area contributed by atoms with Crippen molar-refractivity contribution in [2.75, 3.05) is 13.2 Å². The summed E-state index contributed by atoms with van der Waals surface area (Å²) in [5.41, 5.74) is -0.906. The van der Waals surface area contributed by atoms with Crippen molar-refractivity contribution < 1.29 is 63.2 Å². The van der Waals surface area contributed by atoms with E-state index in [0.29, 0.717) is 38.2 Å². The molecule has 1 aliphatic carbocycles. The summed E-state index contributed by atoms with van der Waals surface area (Å²) in [5, 5.41) is 0. The van der Waals surface area contributed by atoms with Crippen molar-refractivity contribution in [2.24, 2.45) is 17.8 Å². The van der Waals surface area contributed by atoms with Crippen LogP contribution < -0.4 is 14.2 Å². The molecule has 5 nitrogen and oxygen atoms in total. The SMILES string of the molecule is C=CC1COC(C2CCC(C(F)(F)Oc3ccc(C(F)(F)Oc4cc(F)c(OC(F)(F)F)c(F)c4)cc3)CC2)OC1. The summed E-state index contributed by atoms with van der Waals surface area (Å²) >= 11 is 0. The van der Waals surface area contributed by atoms with E-state index in [1.165, 1.54) is 0 Å². The monoisotopic (exact) mass is 600 g/mol. The van der Waals surface area contributed by atoms with Crippen molar-refractivity contribution in [3.63, 3.8) is 0 Å². The average Bonchev–Trinajstić information content (AvgIpc) is 2.90. The quantitative estimate of drug-likeness (QED) is 0.216. The van der Waals surface area contributed by atoms with Crippen LogP contribution in [0.1, 0.15) is 31.2 Å². The molecule has 1 saturated carbocycles. The predicted octanol–water partition coefficient (Wildman–Crippen LogP) is 7.94. The fourth-order valence-corrected chi connectivity index (χ4v) is 4.64. The highest BCUT2D eigenvalue weighted by molar-refractivity contribution is 5.36. The molecule has 2 aliphatic rings. The molecule has 0 amide bonds. The molecule has 2 aromatic rings. The third-order valence-electron chi connectivity index (χ3n) is 6.79. The van der Waals surface area contributed by atoms with Gasteiger partial charge in [-0.05, 0) is 49.9 Å². The molecule has 0 bridgehead atoms. The van der Waals surface area contributed by atoms with Gasteiger partial charge in [0, 0.05) is 24.0 Å². The number of ether oxygens (including phenoxy) is 5. The third kappa shape index (κ3) is 7.79. The number of halogens is 9. The Morgan fingerprint density at radius 3 is 1.83 bits per heavy atom. The normalized spacial score (nSPS) is 24.0. The van der Waals surface area contributed by atoms with Gasteiger partial charge in [-0.2, -0.15) is 17.6 Å². The van der Waals surface area contributed by atoms with Crippen molar-refractivity contribution in [3.8, 4) is 17.2 Å². The summed E-state index contributed by atoms with van der Waals surface area (Å²) in [6.07, 6.45) is -11.0. The summed E-state index contributed by atoms with van der Waals surface area (Å²) in [5.74, 6) is -8.39. The largest absolute Gasteiger partial charge is 0.573 e. The Bertz CT molecular complexity index is 1160. The highest BCUT2D eigenvalue weighted by atomic mass is 19.4. The van der Waals surface area contributed by atoms with E-state index in [-0.39, 0.29) is 36.8 Å². The predicted molar refractivity (Wildman–Crippen MR) is 124 cm³/mol. The lowest BCUT2D eigenvalue weighted by Crippen LogP contribution is -2.41. The number of alkyl halides is 7. The van der Waals surface area contributed by atoms with Gasteiger partial charge in [0.1, 0.15) is 11.5 Å². The van der Waals surface area contributed by atoms with Gasteiger partial charge in [-0.3, -0.25) is 0 Å². The zero-order valence-electron chi connectivity index (χ0n) is 21.2. The second-order valence-electron chi connectivity index (χ2n) is 9.71. The van der Waals surface area contributed by atoms with Crippen molar-refractivity contribution in [1.29, 1.82) is 0 Å². The molecule has 0 aromatic heterocycles. The van der Waals surface area contributed by atoms with Crippen molar-refractivity contribution in [3.05, 3.63) is 66.3 Å². The molecule has 1 saturated heterocycles. The zero-order chi connectivity index (χ0) is 30.0. The Morgan fingerprint density at radius 1 is 0.756 bits per heavy atom. The van der Waals surface area contributed by atoms with Crippen LogP contribution >= 0.6 is 0 Å². The van der Waals surface area contributed by atoms with Crippen LogP contribution in [-0.2, 0) is 15.6 Å². The Hall–Kier alpha value is -3.13. The van der Waals surface area contributed by atoms with Crippen molar-refractivity contribution in [2.45, 2.75) is 50.6 Å². The molecule has 2 fully saturated rings. The summed E-state index contributed by atoms with van der Waals surface area (Å²) in [4.78, 5) is 0. The molecule has 0 radical (unpaired) electrons. The molecule has 41 heavy (non-hydrogen) atoms. The van der Waals surface area contributed by atoms with Crippen LogP contribution in [0, 0.1) is 29.4 Å². The summed E-state index contributed by atoms with van der Waals surface area (Å²) < 4.78 is 147. The summed E-state index contributed by atoms with van der Waals surface area (Å²) in [6, 6.07) is 3.24. The van der Waals surface area contributed by atoms with E-state index in [1.54, 1.807) is 6.08 Å². The molecule has 0 N–H and O–H groups in total. The van der Waals surface area contributed by atoms with E-state index >= 15 is 0 Å². The minimum Gasteiger partial charge on any atom is -0.432 e. The Balaban J connectivity index is 1.34. The number of hydrogen-bond donors (Lipinski definition) is 0. The zero-order valence-corrected chi connectivity index (χ0v) is 21.2. The van der Waals surface area contributed by atoms with Crippen molar-refractivity contribution >= 4 is 0 Å². The van der Waals surface area contributed by atoms with Gasteiger partial charge in [0.15, 0.2) is 17.9 Å². The van der Waals surface area contributed by atoms with Gasteiger partial charge < -0.3 is 23.7 Å². The molecule has 0 unspecified atom stereocenters. The second-order valence-corrected chi connectivity index (χ2v) is 9.71. The maximum atomic E-state index is 14.9. The number of benzene rings is 2. The van der Waals surface area contributed by atoms with Crippen LogP contribution in [0.25, 0.3) is 0 Å². The lowest BCUT2D eigenvalue weighted by atomic mass is 9.80. The van der Waals surface area contributed by atoms with Gasteiger partial charge in [0.2, 0.25) is 5.75 Å². The van der Waals surface area contributed by atoms with Gasteiger partial charge >= 0.3 is 18.6 Å². The maximum Gasteiger partial charge on any atom is 0.573 e. The fraction of sp³-hybridized carbons (Fsp3) is 0.481. The molecule has 1 heterocycles. The molecule has 4 rings (SSSR count). The van der Waals surface area contributed by atoms with Crippen LogP contribution in [0.3, 0.4) is 0 Å². The maximum absolute atomic E-state index is 14.9. The Morgan fingerprint density at radius 2 is 1.32 bits per heavy atom. The van der Waals surface area contributed by atoms with Gasteiger partial charge in [-0.25, -0.2) is 8.78 Å². The number of rotatable bonds is 9. The molecular weight excluding hydrogens is 575 g/mol.